The molecule has 50 heavy (non-hydrogen) atoms. The Hall–Kier alpha value is -6.22. The van der Waals surface area contributed by atoms with Crippen molar-refractivity contribution in [3.63, 3.8) is 0 Å². The van der Waals surface area contributed by atoms with E-state index >= 15 is 0 Å². The second kappa shape index (κ2) is 10.6. The maximum atomic E-state index is 2.47. The third kappa shape index (κ3) is 3.94. The second-order valence-corrected chi connectivity index (χ2v) is 14.3. The van der Waals surface area contributed by atoms with Gasteiger partial charge in [0.05, 0.1) is 10.4 Å². The van der Waals surface area contributed by atoms with Crippen LogP contribution in [0.4, 0.5) is 17.1 Å². The zero-order valence-electron chi connectivity index (χ0n) is 27.1. The Labute approximate surface area is 295 Å². The van der Waals surface area contributed by atoms with Crippen LogP contribution in [0.25, 0.3) is 86.9 Å². The summed E-state index contributed by atoms with van der Waals surface area (Å²) >= 11 is 1.88. The molecule has 0 aliphatic heterocycles. The van der Waals surface area contributed by atoms with Crippen molar-refractivity contribution in [2.75, 3.05) is 4.90 Å². The molecule has 6 bridgehead atoms. The lowest BCUT2D eigenvalue weighted by Crippen LogP contribution is -2.10. The first kappa shape index (κ1) is 27.7. The van der Waals surface area contributed by atoms with Crippen molar-refractivity contribution < 1.29 is 0 Å². The van der Waals surface area contributed by atoms with Gasteiger partial charge in [-0.05, 0) is 103 Å². The molecular weight excluding hydrogens is 623 g/mol. The Balaban J connectivity index is 1.18. The van der Waals surface area contributed by atoms with Crippen LogP contribution in [0.1, 0.15) is 0 Å². The van der Waals surface area contributed by atoms with E-state index in [0.717, 1.165) is 11.4 Å². The van der Waals surface area contributed by atoms with E-state index in [1.165, 1.54) is 92.6 Å². The van der Waals surface area contributed by atoms with Gasteiger partial charge >= 0.3 is 0 Å². The third-order valence-electron chi connectivity index (χ3n) is 10.6. The van der Waals surface area contributed by atoms with Crippen LogP contribution in [0.5, 0.6) is 0 Å². The predicted molar refractivity (Wildman–Crippen MR) is 214 cm³/mol. The lowest BCUT2D eigenvalue weighted by molar-refractivity contribution is 1.30. The van der Waals surface area contributed by atoms with Crippen molar-refractivity contribution in [1.82, 2.24) is 0 Å². The van der Waals surface area contributed by atoms with E-state index in [-0.39, 0.29) is 0 Å². The van der Waals surface area contributed by atoms with E-state index in [2.05, 4.69) is 181 Å². The molecule has 2 heteroatoms. The Morgan fingerprint density at radius 1 is 0.340 bits per heavy atom. The molecule has 0 amide bonds. The lowest BCUT2D eigenvalue weighted by atomic mass is 9.83. The standard InChI is InChI=1S/C48H29NS/c1-2-11-30(12-3-1)31-23-25-32(26-24-31)49(44-21-10-20-42-36-14-6-7-22-45(36)50-48(42)44)33-27-28-35-39-17-9-18-40-41-19-8-16-38(47(41)43(35)29-33)34-13-4-5-15-37(34)46(39)40/h1-29H. The van der Waals surface area contributed by atoms with Gasteiger partial charge in [0.1, 0.15) is 0 Å². The number of anilines is 3. The number of thiophene rings is 1. The highest BCUT2D eigenvalue weighted by Crippen LogP contribution is 2.58. The monoisotopic (exact) mass is 651 g/mol. The van der Waals surface area contributed by atoms with Crippen LogP contribution in [-0.4, -0.2) is 0 Å². The van der Waals surface area contributed by atoms with Gasteiger partial charge in [0.15, 0.2) is 0 Å². The fourth-order valence-corrected chi connectivity index (χ4v) is 9.61. The van der Waals surface area contributed by atoms with Gasteiger partial charge in [-0.15, -0.1) is 11.3 Å². The molecule has 11 rings (SSSR count). The van der Waals surface area contributed by atoms with Crippen molar-refractivity contribution in [1.29, 1.82) is 0 Å². The summed E-state index contributed by atoms with van der Waals surface area (Å²) in [6.45, 7) is 0. The van der Waals surface area contributed by atoms with E-state index < -0.39 is 0 Å². The molecule has 0 spiro atoms. The van der Waals surface area contributed by atoms with Gasteiger partial charge in [-0.3, -0.25) is 0 Å². The average Bonchev–Trinajstić information content (AvgIpc) is 3.52. The highest BCUT2D eigenvalue weighted by Gasteiger charge is 2.31. The largest absolute Gasteiger partial charge is 0.309 e. The number of hydrogen-bond acceptors (Lipinski definition) is 2. The molecule has 232 valence electrons. The SMILES string of the molecule is c1ccc(-c2ccc(N(c3ccc4c(c3)-c3c5cccc3-c3cccc-4c3-c3ccccc3-5)c3cccc4c3sc3ccccc34)cc2)cc1. The molecule has 2 aliphatic carbocycles. The maximum absolute atomic E-state index is 2.47. The zero-order chi connectivity index (χ0) is 32.8. The van der Waals surface area contributed by atoms with E-state index in [1.54, 1.807) is 0 Å². The summed E-state index contributed by atoms with van der Waals surface area (Å²) in [6, 6.07) is 65.0. The summed E-state index contributed by atoms with van der Waals surface area (Å²) in [7, 11) is 0. The Bertz CT molecular complexity index is 2780. The number of nitrogens with zero attached hydrogens (tertiary/aromatic N) is 1. The van der Waals surface area contributed by atoms with Crippen molar-refractivity contribution in [2.45, 2.75) is 0 Å². The normalized spacial score (nSPS) is 12.0. The van der Waals surface area contributed by atoms with Gasteiger partial charge in [-0.25, -0.2) is 0 Å². The smallest absolute Gasteiger partial charge is 0.0640 e. The minimum Gasteiger partial charge on any atom is -0.309 e. The van der Waals surface area contributed by atoms with Crippen molar-refractivity contribution in [3.8, 4) is 66.8 Å². The van der Waals surface area contributed by atoms with Crippen LogP contribution < -0.4 is 4.90 Å². The summed E-state index contributed by atoms with van der Waals surface area (Å²) in [5.74, 6) is 0. The molecule has 8 aromatic carbocycles. The molecule has 0 unspecified atom stereocenters. The van der Waals surface area contributed by atoms with Crippen LogP contribution in [0.3, 0.4) is 0 Å². The fraction of sp³-hybridized carbons (Fsp3) is 0. The summed E-state index contributed by atoms with van der Waals surface area (Å²) in [5.41, 5.74) is 18.9. The van der Waals surface area contributed by atoms with Gasteiger partial charge in [-0.2, -0.15) is 0 Å². The Kier molecular flexibility index (Phi) is 5.89. The molecule has 0 saturated carbocycles. The summed E-state index contributed by atoms with van der Waals surface area (Å²) in [4.78, 5) is 2.47. The van der Waals surface area contributed by atoms with Crippen molar-refractivity contribution in [2.24, 2.45) is 0 Å². The molecular formula is C48H29NS. The quantitative estimate of drug-likeness (QED) is 0.183. The average molecular weight is 652 g/mol. The zero-order valence-corrected chi connectivity index (χ0v) is 27.9. The molecule has 0 N–H and O–H groups in total. The predicted octanol–water partition coefficient (Wildman–Crippen LogP) is 14.2. The van der Waals surface area contributed by atoms with Crippen molar-refractivity contribution >= 4 is 48.6 Å². The number of rotatable bonds is 4. The molecule has 0 fully saturated rings. The number of benzene rings is 8. The molecule has 1 nitrogen and oxygen atoms in total. The van der Waals surface area contributed by atoms with Gasteiger partial charge in [0.2, 0.25) is 0 Å². The fourth-order valence-electron chi connectivity index (χ4n) is 8.40. The lowest BCUT2D eigenvalue weighted by Gasteiger charge is -2.28. The van der Waals surface area contributed by atoms with E-state index in [1.807, 2.05) is 11.3 Å². The first-order valence-electron chi connectivity index (χ1n) is 17.2. The molecule has 1 aromatic heterocycles. The van der Waals surface area contributed by atoms with E-state index in [4.69, 9.17) is 0 Å². The molecule has 1 heterocycles. The van der Waals surface area contributed by atoms with Crippen molar-refractivity contribution in [3.05, 3.63) is 176 Å². The van der Waals surface area contributed by atoms with Crippen LogP contribution in [0.15, 0.2) is 176 Å². The van der Waals surface area contributed by atoms with Crippen LogP contribution in [-0.2, 0) is 0 Å². The summed E-state index contributed by atoms with van der Waals surface area (Å²) in [5, 5.41) is 2.60. The van der Waals surface area contributed by atoms with E-state index in [0.29, 0.717) is 0 Å². The van der Waals surface area contributed by atoms with Gasteiger partial charge in [0.25, 0.3) is 0 Å². The third-order valence-corrected chi connectivity index (χ3v) is 11.8. The molecule has 0 saturated heterocycles. The minimum atomic E-state index is 1.13. The molecule has 9 aromatic rings. The molecule has 0 radical (unpaired) electrons. The highest BCUT2D eigenvalue weighted by molar-refractivity contribution is 7.26. The van der Waals surface area contributed by atoms with Gasteiger partial charge in [0, 0.05) is 26.8 Å². The Morgan fingerprint density at radius 2 is 0.880 bits per heavy atom. The Morgan fingerprint density at radius 3 is 1.66 bits per heavy atom. The first-order valence-corrected chi connectivity index (χ1v) is 18.0. The number of hydrogen-bond donors (Lipinski definition) is 0. The molecule has 2 aliphatic rings. The van der Waals surface area contributed by atoms with Gasteiger partial charge in [-0.1, -0.05) is 140 Å². The number of fused-ring (bicyclic) bond motifs is 7. The van der Waals surface area contributed by atoms with E-state index in [9.17, 15) is 0 Å². The maximum Gasteiger partial charge on any atom is 0.0640 e. The minimum absolute atomic E-state index is 1.13. The summed E-state index contributed by atoms with van der Waals surface area (Å²) in [6.07, 6.45) is 0. The van der Waals surface area contributed by atoms with Crippen LogP contribution >= 0.6 is 11.3 Å². The highest BCUT2D eigenvalue weighted by atomic mass is 32.1. The van der Waals surface area contributed by atoms with Crippen LogP contribution in [0, 0.1) is 0 Å². The topological polar surface area (TPSA) is 3.24 Å². The second-order valence-electron chi connectivity index (χ2n) is 13.2. The molecule has 0 atom stereocenters. The van der Waals surface area contributed by atoms with Gasteiger partial charge < -0.3 is 4.90 Å². The first-order chi connectivity index (χ1) is 24.8. The van der Waals surface area contributed by atoms with Crippen LogP contribution in [0.2, 0.25) is 0 Å². The summed E-state index contributed by atoms with van der Waals surface area (Å²) < 4.78 is 2.60.